The highest BCUT2D eigenvalue weighted by atomic mass is 127. The van der Waals surface area contributed by atoms with Crippen LogP contribution in [0.3, 0.4) is 0 Å². The molecule has 27 heavy (non-hydrogen) atoms. The lowest BCUT2D eigenvalue weighted by Crippen LogP contribution is -2.37. The van der Waals surface area contributed by atoms with Gasteiger partial charge in [-0.3, -0.25) is 5.10 Å². The SMILES string of the molecule is CCNC(=NCc1cccc(-c2ncn[nH]2)c1)NCCCC1CCCC1.I. The molecule has 0 radical (unpaired) electrons. The Hall–Kier alpha value is -1.64. The van der Waals surface area contributed by atoms with Crippen molar-refractivity contribution in [2.45, 2.75) is 52.0 Å². The first-order valence-electron chi connectivity index (χ1n) is 9.82. The molecule has 2 aromatic rings. The van der Waals surface area contributed by atoms with Gasteiger partial charge in [-0.15, -0.1) is 24.0 Å². The van der Waals surface area contributed by atoms with Crippen molar-refractivity contribution < 1.29 is 0 Å². The molecule has 0 aliphatic heterocycles. The number of nitrogens with one attached hydrogen (secondary N) is 3. The number of H-pyrrole nitrogens is 1. The molecule has 1 fully saturated rings. The second-order valence-corrected chi connectivity index (χ2v) is 6.95. The van der Waals surface area contributed by atoms with E-state index >= 15 is 0 Å². The van der Waals surface area contributed by atoms with Gasteiger partial charge in [0.05, 0.1) is 6.54 Å². The number of aliphatic imine (C=N–C) groups is 1. The Morgan fingerprint density at radius 3 is 2.85 bits per heavy atom. The molecule has 0 atom stereocenters. The highest BCUT2D eigenvalue weighted by Crippen LogP contribution is 2.28. The summed E-state index contributed by atoms with van der Waals surface area (Å²) < 4.78 is 0. The maximum absolute atomic E-state index is 4.72. The lowest BCUT2D eigenvalue weighted by molar-refractivity contribution is 0.481. The van der Waals surface area contributed by atoms with Crippen molar-refractivity contribution in [3.63, 3.8) is 0 Å². The number of guanidine groups is 1. The normalized spacial score (nSPS) is 14.8. The molecule has 1 aliphatic rings. The second-order valence-electron chi connectivity index (χ2n) is 6.95. The molecule has 3 rings (SSSR count). The van der Waals surface area contributed by atoms with E-state index in [2.05, 4.69) is 44.9 Å². The summed E-state index contributed by atoms with van der Waals surface area (Å²) in [6.45, 7) is 4.59. The van der Waals surface area contributed by atoms with Gasteiger partial charge in [0.1, 0.15) is 6.33 Å². The number of aromatic amines is 1. The Balaban J connectivity index is 0.00000261. The molecule has 0 spiro atoms. The molecule has 1 heterocycles. The lowest BCUT2D eigenvalue weighted by Gasteiger charge is -2.13. The van der Waals surface area contributed by atoms with Gasteiger partial charge in [-0.2, -0.15) is 5.10 Å². The Bertz CT molecular complexity index is 680. The van der Waals surface area contributed by atoms with Gasteiger partial charge in [0.15, 0.2) is 11.8 Å². The van der Waals surface area contributed by atoms with Crippen LogP contribution in [0.4, 0.5) is 0 Å². The third-order valence-corrected chi connectivity index (χ3v) is 4.94. The fraction of sp³-hybridized carbons (Fsp3) is 0.550. The Labute approximate surface area is 179 Å². The summed E-state index contributed by atoms with van der Waals surface area (Å²) in [5.74, 6) is 2.63. The standard InChI is InChI=1S/C20H30N6.HI/c1-2-21-20(22-12-6-10-16-7-3-4-8-16)23-14-17-9-5-11-18(13-17)19-24-15-25-26-19;/h5,9,11,13,15-16H,2-4,6-8,10,12,14H2,1H3,(H2,21,22,23)(H,24,25,26);1H. The van der Waals surface area contributed by atoms with E-state index < -0.39 is 0 Å². The van der Waals surface area contributed by atoms with E-state index in [0.717, 1.165) is 41.9 Å². The summed E-state index contributed by atoms with van der Waals surface area (Å²) in [5.41, 5.74) is 2.19. The quantitative estimate of drug-likeness (QED) is 0.229. The molecule has 0 saturated heterocycles. The second kappa shape index (κ2) is 11.9. The predicted molar refractivity (Wildman–Crippen MR) is 121 cm³/mol. The zero-order valence-corrected chi connectivity index (χ0v) is 18.4. The summed E-state index contributed by atoms with van der Waals surface area (Å²) >= 11 is 0. The van der Waals surface area contributed by atoms with Crippen LogP contribution in [-0.2, 0) is 6.54 Å². The van der Waals surface area contributed by atoms with Crippen LogP contribution in [-0.4, -0.2) is 34.2 Å². The number of benzene rings is 1. The maximum atomic E-state index is 4.72. The summed E-state index contributed by atoms with van der Waals surface area (Å²) in [6, 6.07) is 8.26. The molecule has 1 aromatic heterocycles. The first-order chi connectivity index (χ1) is 12.8. The van der Waals surface area contributed by atoms with E-state index in [1.807, 2.05) is 12.1 Å². The maximum Gasteiger partial charge on any atom is 0.191 e. The molecule has 1 saturated carbocycles. The van der Waals surface area contributed by atoms with Gasteiger partial charge in [-0.25, -0.2) is 9.98 Å². The monoisotopic (exact) mass is 482 g/mol. The molecule has 1 aromatic carbocycles. The van der Waals surface area contributed by atoms with Crippen molar-refractivity contribution in [2.75, 3.05) is 13.1 Å². The van der Waals surface area contributed by atoms with E-state index in [9.17, 15) is 0 Å². The van der Waals surface area contributed by atoms with Crippen LogP contribution in [0, 0.1) is 5.92 Å². The van der Waals surface area contributed by atoms with Crippen molar-refractivity contribution in [2.24, 2.45) is 10.9 Å². The average molecular weight is 482 g/mol. The number of rotatable bonds is 8. The Morgan fingerprint density at radius 2 is 2.11 bits per heavy atom. The van der Waals surface area contributed by atoms with Crippen LogP contribution in [0.1, 0.15) is 51.0 Å². The minimum atomic E-state index is 0. The van der Waals surface area contributed by atoms with Gasteiger partial charge in [0.2, 0.25) is 0 Å². The summed E-state index contributed by atoms with van der Waals surface area (Å²) in [4.78, 5) is 8.93. The van der Waals surface area contributed by atoms with Crippen LogP contribution in [0.5, 0.6) is 0 Å². The zero-order chi connectivity index (χ0) is 18.0. The predicted octanol–water partition coefficient (Wildman–Crippen LogP) is 4.12. The minimum absolute atomic E-state index is 0. The minimum Gasteiger partial charge on any atom is -0.357 e. The van der Waals surface area contributed by atoms with Crippen LogP contribution >= 0.6 is 24.0 Å². The van der Waals surface area contributed by atoms with E-state index in [0.29, 0.717) is 6.54 Å². The fourth-order valence-electron chi connectivity index (χ4n) is 3.57. The molecule has 7 heteroatoms. The van der Waals surface area contributed by atoms with E-state index in [-0.39, 0.29) is 24.0 Å². The molecule has 0 bridgehead atoms. The van der Waals surface area contributed by atoms with Crippen molar-refractivity contribution >= 4 is 29.9 Å². The van der Waals surface area contributed by atoms with Crippen molar-refractivity contribution in [3.8, 4) is 11.4 Å². The number of hydrogen-bond donors (Lipinski definition) is 3. The number of nitrogens with zero attached hydrogens (tertiary/aromatic N) is 3. The molecular weight excluding hydrogens is 451 g/mol. The fourth-order valence-corrected chi connectivity index (χ4v) is 3.57. The van der Waals surface area contributed by atoms with Gasteiger partial charge in [-0.1, -0.05) is 43.9 Å². The largest absolute Gasteiger partial charge is 0.357 e. The zero-order valence-electron chi connectivity index (χ0n) is 16.1. The first-order valence-corrected chi connectivity index (χ1v) is 9.82. The lowest BCUT2D eigenvalue weighted by atomic mass is 10.0. The van der Waals surface area contributed by atoms with Crippen molar-refractivity contribution in [1.82, 2.24) is 25.8 Å². The van der Waals surface area contributed by atoms with Gasteiger partial charge in [0, 0.05) is 18.7 Å². The molecule has 3 N–H and O–H groups in total. The third kappa shape index (κ3) is 7.12. The molecule has 6 nitrogen and oxygen atoms in total. The topological polar surface area (TPSA) is 78.0 Å². The molecular formula is C20H31IN6. The third-order valence-electron chi connectivity index (χ3n) is 4.94. The van der Waals surface area contributed by atoms with E-state index in [4.69, 9.17) is 4.99 Å². The number of hydrogen-bond acceptors (Lipinski definition) is 3. The van der Waals surface area contributed by atoms with E-state index in [1.54, 1.807) is 0 Å². The summed E-state index contributed by atoms with van der Waals surface area (Å²) in [7, 11) is 0. The number of aromatic nitrogens is 3. The highest BCUT2D eigenvalue weighted by Gasteiger charge is 2.14. The van der Waals surface area contributed by atoms with Gasteiger partial charge < -0.3 is 10.6 Å². The molecule has 1 aliphatic carbocycles. The van der Waals surface area contributed by atoms with Crippen molar-refractivity contribution in [3.05, 3.63) is 36.2 Å². The van der Waals surface area contributed by atoms with Crippen molar-refractivity contribution in [1.29, 1.82) is 0 Å². The molecule has 148 valence electrons. The summed E-state index contributed by atoms with van der Waals surface area (Å²) in [6.07, 6.45) is 9.79. The Morgan fingerprint density at radius 1 is 1.26 bits per heavy atom. The van der Waals surface area contributed by atoms with Gasteiger partial charge >= 0.3 is 0 Å². The van der Waals surface area contributed by atoms with Crippen LogP contribution < -0.4 is 10.6 Å². The van der Waals surface area contributed by atoms with Gasteiger partial charge in [-0.05, 0) is 37.3 Å². The molecule has 0 unspecified atom stereocenters. The molecule has 0 amide bonds. The number of halogens is 1. The highest BCUT2D eigenvalue weighted by molar-refractivity contribution is 14.0. The van der Waals surface area contributed by atoms with Crippen LogP contribution in [0.2, 0.25) is 0 Å². The average Bonchev–Trinajstić information content (AvgIpc) is 3.37. The van der Waals surface area contributed by atoms with Gasteiger partial charge in [0.25, 0.3) is 0 Å². The van der Waals surface area contributed by atoms with Crippen LogP contribution in [0.15, 0.2) is 35.6 Å². The summed E-state index contributed by atoms with van der Waals surface area (Å²) in [5, 5.41) is 13.6. The Kier molecular flexibility index (Phi) is 9.58. The smallest absolute Gasteiger partial charge is 0.191 e. The first kappa shape index (κ1) is 21.7. The van der Waals surface area contributed by atoms with Crippen LogP contribution in [0.25, 0.3) is 11.4 Å². The van der Waals surface area contributed by atoms with E-state index in [1.165, 1.54) is 44.9 Å².